The van der Waals surface area contributed by atoms with E-state index in [4.69, 9.17) is 9.84 Å². The van der Waals surface area contributed by atoms with Gasteiger partial charge in [0.05, 0.1) is 6.54 Å². The highest BCUT2D eigenvalue weighted by molar-refractivity contribution is 5.96. The Morgan fingerprint density at radius 3 is 2.56 bits per heavy atom. The number of carbonyl (C=O) groups is 3. The SMILES string of the molecule is CN(C)C(=O)C=CCCC(NC(=O)O)C(=O)Nc1cccn(Cc2nc3c(F)cc(F)c(Oc4ccc(F)cc4F)c3[nH]2)c1=O. The minimum absolute atomic E-state index is 0.0241. The van der Waals surface area contributed by atoms with Crippen molar-refractivity contribution in [3.8, 4) is 11.5 Å². The topological polar surface area (TPSA) is 159 Å². The highest BCUT2D eigenvalue weighted by Crippen LogP contribution is 2.34. The van der Waals surface area contributed by atoms with Gasteiger partial charge in [-0.15, -0.1) is 0 Å². The Hall–Kier alpha value is -5.67. The third-order valence-corrected chi connectivity index (χ3v) is 6.32. The molecular formula is C29H26F4N6O6. The minimum Gasteiger partial charge on any atom is -0.465 e. The van der Waals surface area contributed by atoms with Crippen molar-refractivity contribution in [2.45, 2.75) is 25.4 Å². The van der Waals surface area contributed by atoms with E-state index in [9.17, 15) is 36.7 Å². The molecule has 0 spiro atoms. The van der Waals surface area contributed by atoms with E-state index in [0.717, 1.165) is 16.7 Å². The van der Waals surface area contributed by atoms with Crippen LogP contribution in [0.1, 0.15) is 18.7 Å². The smallest absolute Gasteiger partial charge is 0.405 e. The number of hydrogen-bond donors (Lipinski definition) is 4. The molecule has 0 bridgehead atoms. The third kappa shape index (κ3) is 7.84. The molecule has 0 saturated carbocycles. The second-order valence-corrected chi connectivity index (χ2v) is 9.81. The number of halogens is 4. The van der Waals surface area contributed by atoms with Crippen molar-refractivity contribution in [2.24, 2.45) is 0 Å². The van der Waals surface area contributed by atoms with Crippen molar-refractivity contribution < 1.29 is 41.8 Å². The number of ether oxygens (including phenoxy) is 1. The lowest BCUT2D eigenvalue weighted by molar-refractivity contribution is -0.123. The van der Waals surface area contributed by atoms with Crippen LogP contribution in [-0.2, 0) is 16.1 Å². The lowest BCUT2D eigenvalue weighted by Gasteiger charge is -2.16. The van der Waals surface area contributed by atoms with Crippen LogP contribution in [0.3, 0.4) is 0 Å². The number of nitrogens with zero attached hydrogens (tertiary/aromatic N) is 3. The van der Waals surface area contributed by atoms with Gasteiger partial charge in [0.25, 0.3) is 5.56 Å². The number of amides is 3. The highest BCUT2D eigenvalue weighted by atomic mass is 19.1. The zero-order valence-electron chi connectivity index (χ0n) is 23.7. The Bertz CT molecular complexity index is 1860. The van der Waals surface area contributed by atoms with Gasteiger partial charge in [-0.05, 0) is 43.2 Å². The first-order valence-corrected chi connectivity index (χ1v) is 13.2. The summed E-state index contributed by atoms with van der Waals surface area (Å²) in [4.78, 5) is 57.0. The van der Waals surface area contributed by atoms with Crippen molar-refractivity contribution in [2.75, 3.05) is 19.4 Å². The van der Waals surface area contributed by atoms with Gasteiger partial charge >= 0.3 is 6.09 Å². The number of aromatic amines is 1. The summed E-state index contributed by atoms with van der Waals surface area (Å²) in [6.45, 7) is -0.329. The quantitative estimate of drug-likeness (QED) is 0.143. The van der Waals surface area contributed by atoms with Gasteiger partial charge in [-0.25, -0.2) is 27.3 Å². The molecule has 2 heterocycles. The van der Waals surface area contributed by atoms with Gasteiger partial charge in [0.1, 0.15) is 34.4 Å². The maximum absolute atomic E-state index is 14.7. The van der Waals surface area contributed by atoms with Crippen LogP contribution >= 0.6 is 0 Å². The van der Waals surface area contributed by atoms with Crippen molar-refractivity contribution in [3.05, 3.63) is 94.2 Å². The van der Waals surface area contributed by atoms with Crippen molar-refractivity contribution in [1.82, 2.24) is 24.8 Å². The van der Waals surface area contributed by atoms with E-state index < -0.39 is 58.4 Å². The van der Waals surface area contributed by atoms with E-state index in [1.807, 2.05) is 0 Å². The Balaban J connectivity index is 1.55. The zero-order chi connectivity index (χ0) is 32.8. The molecule has 4 aromatic rings. The Labute approximate surface area is 251 Å². The fraction of sp³-hybridized carbons (Fsp3) is 0.207. The Kier molecular flexibility index (Phi) is 9.85. The van der Waals surface area contributed by atoms with Gasteiger partial charge in [-0.3, -0.25) is 14.4 Å². The summed E-state index contributed by atoms with van der Waals surface area (Å²) in [5.41, 5.74) is -1.64. The molecule has 236 valence electrons. The molecule has 0 aliphatic rings. The minimum atomic E-state index is -1.48. The van der Waals surface area contributed by atoms with E-state index >= 15 is 0 Å². The molecule has 2 aromatic heterocycles. The largest absolute Gasteiger partial charge is 0.465 e. The summed E-state index contributed by atoms with van der Waals surface area (Å²) in [5.74, 6) is -6.65. The monoisotopic (exact) mass is 630 g/mol. The molecule has 0 saturated heterocycles. The molecule has 4 N–H and O–H groups in total. The first-order valence-electron chi connectivity index (χ1n) is 13.2. The van der Waals surface area contributed by atoms with Crippen LogP contribution < -0.4 is 20.9 Å². The molecule has 0 radical (unpaired) electrons. The number of imidazole rings is 1. The molecule has 12 nitrogen and oxygen atoms in total. The molecule has 0 aliphatic carbocycles. The van der Waals surface area contributed by atoms with Crippen molar-refractivity contribution in [3.63, 3.8) is 0 Å². The molecule has 1 unspecified atom stereocenters. The summed E-state index contributed by atoms with van der Waals surface area (Å²) in [5, 5.41) is 13.6. The summed E-state index contributed by atoms with van der Waals surface area (Å²) < 4.78 is 63.1. The fourth-order valence-corrected chi connectivity index (χ4v) is 4.12. The third-order valence-electron chi connectivity index (χ3n) is 6.32. The normalized spacial score (nSPS) is 11.9. The molecule has 45 heavy (non-hydrogen) atoms. The summed E-state index contributed by atoms with van der Waals surface area (Å²) in [7, 11) is 3.11. The second-order valence-electron chi connectivity index (χ2n) is 9.81. The molecular weight excluding hydrogens is 604 g/mol. The molecule has 0 fully saturated rings. The van der Waals surface area contributed by atoms with Gasteiger partial charge < -0.3 is 34.9 Å². The number of H-pyrrole nitrogens is 1. The number of pyridine rings is 1. The van der Waals surface area contributed by atoms with Gasteiger partial charge in [0, 0.05) is 32.4 Å². The lowest BCUT2D eigenvalue weighted by atomic mass is 10.1. The zero-order valence-corrected chi connectivity index (χ0v) is 23.7. The first-order chi connectivity index (χ1) is 21.3. The molecule has 4 rings (SSSR count). The number of aromatic nitrogens is 3. The molecule has 16 heteroatoms. The predicted molar refractivity (Wildman–Crippen MR) is 153 cm³/mol. The molecule has 0 aliphatic heterocycles. The van der Waals surface area contributed by atoms with Crippen LogP contribution in [0.5, 0.6) is 11.5 Å². The number of rotatable bonds is 11. The van der Waals surface area contributed by atoms with E-state index in [1.165, 1.54) is 35.4 Å². The lowest BCUT2D eigenvalue weighted by Crippen LogP contribution is -2.44. The van der Waals surface area contributed by atoms with Crippen LogP contribution in [0, 0.1) is 23.3 Å². The summed E-state index contributed by atoms with van der Waals surface area (Å²) in [6.07, 6.45) is 2.75. The Morgan fingerprint density at radius 2 is 1.87 bits per heavy atom. The van der Waals surface area contributed by atoms with E-state index in [-0.39, 0.29) is 47.8 Å². The maximum Gasteiger partial charge on any atom is 0.405 e. The van der Waals surface area contributed by atoms with Gasteiger partial charge in [0.15, 0.2) is 29.0 Å². The van der Waals surface area contributed by atoms with Gasteiger partial charge in [0.2, 0.25) is 11.8 Å². The highest BCUT2D eigenvalue weighted by Gasteiger charge is 2.23. The number of anilines is 1. The van der Waals surface area contributed by atoms with Crippen LogP contribution in [-0.4, -0.2) is 62.6 Å². The number of carboxylic acid groups (broad SMARTS) is 1. The van der Waals surface area contributed by atoms with E-state index in [2.05, 4.69) is 20.6 Å². The number of carbonyl (C=O) groups excluding carboxylic acids is 2. The van der Waals surface area contributed by atoms with Crippen LogP contribution in [0.4, 0.5) is 28.0 Å². The number of benzene rings is 2. The first kappa shape index (κ1) is 32.2. The summed E-state index contributed by atoms with van der Waals surface area (Å²) in [6, 6.07) is 4.23. The fourth-order valence-electron chi connectivity index (χ4n) is 4.12. The van der Waals surface area contributed by atoms with E-state index in [0.29, 0.717) is 12.1 Å². The average Bonchev–Trinajstić information content (AvgIpc) is 3.39. The van der Waals surface area contributed by atoms with Gasteiger partial charge in [-0.1, -0.05) is 6.08 Å². The van der Waals surface area contributed by atoms with Crippen molar-refractivity contribution >= 4 is 34.6 Å². The number of hydrogen-bond acceptors (Lipinski definition) is 6. The summed E-state index contributed by atoms with van der Waals surface area (Å²) >= 11 is 0. The molecule has 1 atom stereocenters. The second kappa shape index (κ2) is 13.7. The van der Waals surface area contributed by atoms with Crippen LogP contribution in [0.25, 0.3) is 11.0 Å². The molecule has 3 amide bonds. The average molecular weight is 631 g/mol. The van der Waals surface area contributed by atoms with Crippen LogP contribution in [0.2, 0.25) is 0 Å². The van der Waals surface area contributed by atoms with Gasteiger partial charge in [-0.2, -0.15) is 0 Å². The standard InChI is InChI=1S/C29H26F4N6O6/c1-38(2)23(40)8-4-3-6-19(35-29(43)44)27(41)34-20-7-5-11-39(28(20)42)14-22-36-24-17(32)13-18(33)26(25(24)37-22)45-21-10-9-15(30)12-16(21)31/h4-5,7-13,19,35H,3,6,14H2,1-2H3,(H,34,41)(H,36,37)(H,43,44). The Morgan fingerprint density at radius 1 is 1.11 bits per heavy atom. The number of fused-ring (bicyclic) bond motifs is 1. The number of allylic oxidation sites excluding steroid dienone is 1. The van der Waals surface area contributed by atoms with Crippen molar-refractivity contribution in [1.29, 1.82) is 0 Å². The number of nitrogens with one attached hydrogen (secondary N) is 3. The van der Waals surface area contributed by atoms with E-state index in [1.54, 1.807) is 14.1 Å². The number of likely N-dealkylation sites (N-methyl/N-ethyl adjacent to an activating group) is 1. The predicted octanol–water partition coefficient (Wildman–Crippen LogP) is 4.12. The van der Waals surface area contributed by atoms with Crippen LogP contribution in [0.15, 0.2) is 59.5 Å². The molecule has 2 aromatic carbocycles. The maximum atomic E-state index is 14.7.